The summed E-state index contributed by atoms with van der Waals surface area (Å²) in [6.07, 6.45) is 2.61. The summed E-state index contributed by atoms with van der Waals surface area (Å²) in [7, 11) is 0. The van der Waals surface area contributed by atoms with Gasteiger partial charge in [0.15, 0.2) is 0 Å². The van der Waals surface area contributed by atoms with E-state index in [-0.39, 0.29) is 12.4 Å². The van der Waals surface area contributed by atoms with Crippen LogP contribution in [0.4, 0.5) is 0 Å². The van der Waals surface area contributed by atoms with Gasteiger partial charge in [-0.15, -0.1) is 12.4 Å². The van der Waals surface area contributed by atoms with Gasteiger partial charge >= 0.3 is 0 Å². The largest absolute Gasteiger partial charge is 0.316 e. The first kappa shape index (κ1) is 12.0. The van der Waals surface area contributed by atoms with Crippen molar-refractivity contribution in [3.8, 4) is 0 Å². The van der Waals surface area contributed by atoms with Gasteiger partial charge in [0.05, 0.1) is 0 Å². The van der Waals surface area contributed by atoms with Crippen molar-refractivity contribution in [1.29, 1.82) is 0 Å². The molecule has 0 aliphatic carbocycles. The van der Waals surface area contributed by atoms with Crippen molar-refractivity contribution in [2.75, 3.05) is 13.1 Å². The van der Waals surface area contributed by atoms with Crippen molar-refractivity contribution in [3.63, 3.8) is 0 Å². The topological polar surface area (TPSA) is 12.0 Å². The Hall–Kier alpha value is -0.0500. The third kappa shape index (κ3) is 2.72. The highest BCUT2D eigenvalue weighted by Crippen LogP contribution is 2.29. The maximum Gasteiger partial charge on any atom is 0.0210 e. The SMILES string of the molecule is Brc1ccccc1C1CCCNC1.Cl. The Morgan fingerprint density at radius 2 is 2.07 bits per heavy atom. The molecule has 1 nitrogen and oxygen atoms in total. The molecular formula is C11H15BrClN. The molecule has 0 radical (unpaired) electrons. The summed E-state index contributed by atoms with van der Waals surface area (Å²) in [5, 5.41) is 3.44. The van der Waals surface area contributed by atoms with E-state index in [2.05, 4.69) is 45.5 Å². The third-order valence-electron chi connectivity index (χ3n) is 2.64. The molecular weight excluding hydrogens is 261 g/mol. The molecule has 3 heteroatoms. The summed E-state index contributed by atoms with van der Waals surface area (Å²) in [4.78, 5) is 0. The first-order valence-electron chi connectivity index (χ1n) is 4.83. The van der Waals surface area contributed by atoms with E-state index < -0.39 is 0 Å². The lowest BCUT2D eigenvalue weighted by Crippen LogP contribution is -2.28. The molecule has 1 atom stereocenters. The lowest BCUT2D eigenvalue weighted by molar-refractivity contribution is 0.460. The molecule has 14 heavy (non-hydrogen) atoms. The van der Waals surface area contributed by atoms with Gasteiger partial charge in [0.1, 0.15) is 0 Å². The van der Waals surface area contributed by atoms with Crippen LogP contribution in [0.25, 0.3) is 0 Å². The number of piperidine rings is 1. The van der Waals surface area contributed by atoms with E-state index in [4.69, 9.17) is 0 Å². The Labute approximate surface area is 99.8 Å². The van der Waals surface area contributed by atoms with E-state index in [1.54, 1.807) is 0 Å². The summed E-state index contributed by atoms with van der Waals surface area (Å²) in [5.41, 5.74) is 1.45. The normalized spacial score (nSPS) is 21.4. The van der Waals surface area contributed by atoms with Crippen LogP contribution >= 0.6 is 28.3 Å². The van der Waals surface area contributed by atoms with Gasteiger partial charge in [-0.1, -0.05) is 34.1 Å². The van der Waals surface area contributed by atoms with Gasteiger partial charge in [0, 0.05) is 11.0 Å². The van der Waals surface area contributed by atoms with Gasteiger partial charge in [0.25, 0.3) is 0 Å². The van der Waals surface area contributed by atoms with Crippen LogP contribution in [0.5, 0.6) is 0 Å². The van der Waals surface area contributed by atoms with Crippen LogP contribution in [-0.2, 0) is 0 Å². The average molecular weight is 277 g/mol. The van der Waals surface area contributed by atoms with Crippen LogP contribution < -0.4 is 5.32 Å². The van der Waals surface area contributed by atoms with Gasteiger partial charge in [-0.2, -0.15) is 0 Å². The predicted molar refractivity (Wildman–Crippen MR) is 66.2 cm³/mol. The molecule has 0 amide bonds. The minimum absolute atomic E-state index is 0. The van der Waals surface area contributed by atoms with Crippen molar-refractivity contribution in [3.05, 3.63) is 34.3 Å². The molecule has 78 valence electrons. The Kier molecular flexibility index (Phi) is 4.93. The van der Waals surface area contributed by atoms with Crippen LogP contribution in [0.1, 0.15) is 24.3 Å². The van der Waals surface area contributed by atoms with Crippen molar-refractivity contribution >= 4 is 28.3 Å². The van der Waals surface area contributed by atoms with Gasteiger partial charge in [-0.25, -0.2) is 0 Å². The van der Waals surface area contributed by atoms with Crippen molar-refractivity contribution < 1.29 is 0 Å². The molecule has 1 fully saturated rings. The Morgan fingerprint density at radius 1 is 1.29 bits per heavy atom. The van der Waals surface area contributed by atoms with E-state index in [0.29, 0.717) is 5.92 Å². The molecule has 1 saturated heterocycles. The molecule has 1 heterocycles. The van der Waals surface area contributed by atoms with E-state index in [0.717, 1.165) is 6.54 Å². The Balaban J connectivity index is 0.000000980. The minimum Gasteiger partial charge on any atom is -0.316 e. The lowest BCUT2D eigenvalue weighted by Gasteiger charge is -2.23. The van der Waals surface area contributed by atoms with Crippen molar-refractivity contribution in [2.24, 2.45) is 0 Å². The second kappa shape index (κ2) is 5.74. The zero-order valence-electron chi connectivity index (χ0n) is 8.00. The average Bonchev–Trinajstić information content (AvgIpc) is 2.20. The first-order chi connectivity index (χ1) is 6.38. The van der Waals surface area contributed by atoms with Crippen LogP contribution in [-0.4, -0.2) is 13.1 Å². The van der Waals surface area contributed by atoms with E-state index in [1.165, 1.54) is 29.4 Å². The zero-order valence-corrected chi connectivity index (χ0v) is 10.4. The standard InChI is InChI=1S/C11H14BrN.ClH/c12-11-6-2-1-5-10(11)9-4-3-7-13-8-9;/h1-2,5-6,9,13H,3-4,7-8H2;1H. The van der Waals surface area contributed by atoms with Crippen LogP contribution in [0.3, 0.4) is 0 Å². The second-order valence-corrected chi connectivity index (χ2v) is 4.42. The summed E-state index contributed by atoms with van der Waals surface area (Å²) in [5.74, 6) is 0.698. The van der Waals surface area contributed by atoms with E-state index in [9.17, 15) is 0 Å². The monoisotopic (exact) mass is 275 g/mol. The number of hydrogen-bond donors (Lipinski definition) is 1. The van der Waals surface area contributed by atoms with E-state index >= 15 is 0 Å². The maximum atomic E-state index is 3.60. The Bertz CT molecular complexity index is 284. The lowest BCUT2D eigenvalue weighted by atomic mass is 9.92. The number of rotatable bonds is 1. The van der Waals surface area contributed by atoms with Gasteiger partial charge < -0.3 is 5.32 Å². The van der Waals surface area contributed by atoms with Crippen LogP contribution in [0.15, 0.2) is 28.7 Å². The molecule has 1 unspecified atom stereocenters. The number of halogens is 2. The number of benzene rings is 1. The molecule has 1 aliphatic heterocycles. The quantitative estimate of drug-likeness (QED) is 0.829. The fourth-order valence-electron chi connectivity index (χ4n) is 1.92. The molecule has 0 saturated carbocycles. The highest BCUT2D eigenvalue weighted by molar-refractivity contribution is 9.10. The molecule has 2 rings (SSSR count). The summed E-state index contributed by atoms with van der Waals surface area (Å²) < 4.78 is 1.25. The first-order valence-corrected chi connectivity index (χ1v) is 5.62. The molecule has 1 aliphatic rings. The summed E-state index contributed by atoms with van der Waals surface area (Å²) >= 11 is 3.60. The van der Waals surface area contributed by atoms with Gasteiger partial charge in [-0.05, 0) is 36.9 Å². The summed E-state index contributed by atoms with van der Waals surface area (Å²) in [6.45, 7) is 2.31. The maximum absolute atomic E-state index is 3.60. The molecule has 0 aromatic heterocycles. The van der Waals surface area contributed by atoms with Crippen LogP contribution in [0.2, 0.25) is 0 Å². The Morgan fingerprint density at radius 3 is 2.71 bits per heavy atom. The second-order valence-electron chi connectivity index (χ2n) is 3.56. The van der Waals surface area contributed by atoms with Crippen molar-refractivity contribution in [1.82, 2.24) is 5.32 Å². The van der Waals surface area contributed by atoms with Crippen molar-refractivity contribution in [2.45, 2.75) is 18.8 Å². The zero-order chi connectivity index (χ0) is 9.10. The smallest absolute Gasteiger partial charge is 0.0210 e. The molecule has 1 aromatic rings. The number of nitrogens with one attached hydrogen (secondary N) is 1. The fourth-order valence-corrected chi connectivity index (χ4v) is 2.53. The van der Waals surface area contributed by atoms with Crippen LogP contribution in [0, 0.1) is 0 Å². The van der Waals surface area contributed by atoms with E-state index in [1.807, 2.05) is 0 Å². The summed E-state index contributed by atoms with van der Waals surface area (Å²) in [6, 6.07) is 8.55. The molecule has 1 aromatic carbocycles. The fraction of sp³-hybridized carbons (Fsp3) is 0.455. The van der Waals surface area contributed by atoms with Gasteiger partial charge in [0.2, 0.25) is 0 Å². The molecule has 1 N–H and O–H groups in total. The predicted octanol–water partition coefficient (Wildman–Crippen LogP) is 3.34. The highest BCUT2D eigenvalue weighted by Gasteiger charge is 2.16. The third-order valence-corrected chi connectivity index (χ3v) is 3.36. The number of hydrogen-bond acceptors (Lipinski definition) is 1. The minimum atomic E-state index is 0. The van der Waals surface area contributed by atoms with Gasteiger partial charge in [-0.3, -0.25) is 0 Å². The molecule has 0 spiro atoms. The molecule has 0 bridgehead atoms. The highest BCUT2D eigenvalue weighted by atomic mass is 79.9.